The Labute approximate surface area is 365 Å². The molecule has 0 spiro atoms. The van der Waals surface area contributed by atoms with Gasteiger partial charge in [0.15, 0.2) is 0 Å². The van der Waals surface area contributed by atoms with Crippen molar-refractivity contribution in [2.75, 3.05) is 0 Å². The van der Waals surface area contributed by atoms with E-state index in [1.54, 1.807) is 34.5 Å². The molecule has 0 radical (unpaired) electrons. The molecular formula is C52H60Cl2SiZr-2. The molecule has 6 aromatic rings. The predicted molar refractivity (Wildman–Crippen MR) is 232 cm³/mol. The van der Waals surface area contributed by atoms with E-state index in [0.717, 1.165) is 24.7 Å². The van der Waals surface area contributed by atoms with Gasteiger partial charge in [0.1, 0.15) is 0 Å². The zero-order chi connectivity index (χ0) is 37.3. The minimum atomic E-state index is 0. The molecule has 4 aliphatic carbocycles. The Kier molecular flexibility index (Phi) is 14.6. The fraction of sp³-hybridized carbons (Fsp3) is 0.423. The van der Waals surface area contributed by atoms with Crippen LogP contribution in [0.2, 0.25) is 13.1 Å². The smallest absolute Gasteiger partial charge is 1.00 e. The van der Waals surface area contributed by atoms with Crippen LogP contribution in [0.4, 0.5) is 0 Å². The van der Waals surface area contributed by atoms with E-state index in [1.807, 2.05) is 0 Å². The average molecular weight is 875 g/mol. The molecule has 0 nitrogen and oxygen atoms in total. The van der Waals surface area contributed by atoms with Gasteiger partial charge < -0.3 is 24.8 Å². The van der Waals surface area contributed by atoms with Gasteiger partial charge >= 0.3 is 41.9 Å². The van der Waals surface area contributed by atoms with Crippen molar-refractivity contribution in [1.82, 2.24) is 0 Å². The third kappa shape index (κ3) is 9.63. The first-order chi connectivity index (χ1) is 26.2. The van der Waals surface area contributed by atoms with Gasteiger partial charge in [-0.2, -0.15) is 12.1 Å². The molecule has 0 heterocycles. The minimum Gasteiger partial charge on any atom is -1.00 e. The van der Waals surface area contributed by atoms with Gasteiger partial charge in [0.05, 0.1) is 0 Å². The molecule has 4 bridgehead atoms. The Bertz CT molecular complexity index is 2050. The van der Waals surface area contributed by atoms with Crippen molar-refractivity contribution in [3.63, 3.8) is 0 Å². The molecule has 4 fully saturated rings. The summed E-state index contributed by atoms with van der Waals surface area (Å²) < 4.78 is 0. The fourth-order valence-electron chi connectivity index (χ4n) is 11.1. The molecule has 0 N–H and O–H groups in total. The van der Waals surface area contributed by atoms with Crippen molar-refractivity contribution in [1.29, 1.82) is 0 Å². The van der Waals surface area contributed by atoms with Crippen molar-refractivity contribution in [2.24, 2.45) is 22.7 Å². The molecule has 0 unspecified atom stereocenters. The molecule has 56 heavy (non-hydrogen) atoms. The summed E-state index contributed by atoms with van der Waals surface area (Å²) in [6.07, 6.45) is 19.6. The molecule has 0 saturated heterocycles. The monoisotopic (exact) mass is 872 g/mol. The second kappa shape index (κ2) is 18.8. The Balaban J connectivity index is 0.000000168. The number of fused-ring (bicyclic) bond motifs is 6. The Morgan fingerprint density at radius 2 is 0.929 bits per heavy atom. The zero-order valence-electron chi connectivity index (χ0n) is 34.2. The molecule has 10 rings (SSSR count). The summed E-state index contributed by atoms with van der Waals surface area (Å²) in [7, 11) is 0. The molecule has 4 saturated carbocycles. The van der Waals surface area contributed by atoms with Crippen LogP contribution in [0.3, 0.4) is 0 Å². The van der Waals surface area contributed by atoms with E-state index in [4.69, 9.17) is 0 Å². The summed E-state index contributed by atoms with van der Waals surface area (Å²) >= 11 is 1.74. The average Bonchev–Trinajstić information content (AvgIpc) is 4.05. The zero-order valence-corrected chi connectivity index (χ0v) is 39.2. The first-order valence-electron chi connectivity index (χ1n) is 21.3. The van der Waals surface area contributed by atoms with Crippen molar-refractivity contribution in [3.8, 4) is 22.3 Å². The van der Waals surface area contributed by atoms with Crippen molar-refractivity contribution in [3.05, 3.63) is 131 Å². The summed E-state index contributed by atoms with van der Waals surface area (Å²) in [4.78, 5) is 0. The second-order valence-corrected chi connectivity index (χ2v) is 27.5. The summed E-state index contributed by atoms with van der Waals surface area (Å²) in [5, 5.41) is 5.70. The van der Waals surface area contributed by atoms with E-state index >= 15 is 0 Å². The molecule has 0 amide bonds. The molecule has 4 aliphatic rings. The number of hydrogen-bond donors (Lipinski definition) is 0. The summed E-state index contributed by atoms with van der Waals surface area (Å²) in [5.41, 5.74) is 12.9. The van der Waals surface area contributed by atoms with Gasteiger partial charge in [0, 0.05) is 0 Å². The molecule has 6 aromatic carbocycles. The summed E-state index contributed by atoms with van der Waals surface area (Å²) in [5.74, 6) is 2.08. The topological polar surface area (TPSA) is 0 Å². The fourth-order valence-corrected chi connectivity index (χ4v) is 11.1. The standard InChI is InChI=1S/2C25H27.C2H6Si.2ClH.Zr/c2*1-2-18-6-8-21(9-7-18)23-5-3-4-22-14-20(15-24(22)23)17-25-12-10-19(16-25)11-13-25;1-3-2;;;/h2*3-9,14-15,19H,2,10-13,16-17H2,1H3;1-2H3;2*1H;/q2*-1;;;;+2/p-2. The Morgan fingerprint density at radius 3 is 1.23 bits per heavy atom. The number of aryl methyl sites for hydroxylation is 2. The molecule has 0 atom stereocenters. The predicted octanol–water partition coefficient (Wildman–Crippen LogP) is 8.61. The van der Waals surface area contributed by atoms with E-state index in [9.17, 15) is 0 Å². The van der Waals surface area contributed by atoms with Crippen LogP contribution >= 0.6 is 0 Å². The molecule has 0 aromatic heterocycles. The molecule has 4 heteroatoms. The van der Waals surface area contributed by atoms with Crippen LogP contribution in [0, 0.1) is 22.7 Å². The molecule has 0 aliphatic heterocycles. The van der Waals surface area contributed by atoms with E-state index in [2.05, 4.69) is 136 Å². The molecule has 292 valence electrons. The van der Waals surface area contributed by atoms with Gasteiger partial charge in [-0.15, -0.1) is 69.1 Å². The summed E-state index contributed by atoms with van der Waals surface area (Å²) in [6, 6.07) is 41.7. The molecular weight excluding hydrogens is 815 g/mol. The maximum absolute atomic E-state index is 2.48. The van der Waals surface area contributed by atoms with Gasteiger partial charge in [-0.1, -0.05) is 85.6 Å². The second-order valence-electron chi connectivity index (χ2n) is 18.1. The van der Waals surface area contributed by atoms with Gasteiger partial charge in [-0.05, 0) is 135 Å². The minimum absolute atomic E-state index is 0. The van der Waals surface area contributed by atoms with E-state index in [1.165, 1.54) is 132 Å². The first kappa shape index (κ1) is 43.4. The first-order valence-corrected chi connectivity index (χ1v) is 27.5. The van der Waals surface area contributed by atoms with Crippen LogP contribution in [0.5, 0.6) is 0 Å². The number of halogens is 2. The van der Waals surface area contributed by atoms with Crippen LogP contribution < -0.4 is 24.8 Å². The Morgan fingerprint density at radius 1 is 0.571 bits per heavy atom. The third-order valence-electron chi connectivity index (χ3n) is 13.9. The van der Waals surface area contributed by atoms with Crippen molar-refractivity contribution in [2.45, 2.75) is 117 Å². The van der Waals surface area contributed by atoms with Gasteiger partial charge in [0.25, 0.3) is 0 Å². The maximum atomic E-state index is 2.48. The van der Waals surface area contributed by atoms with Gasteiger partial charge in [-0.3, -0.25) is 0 Å². The van der Waals surface area contributed by atoms with E-state index < -0.39 is 0 Å². The van der Waals surface area contributed by atoms with Crippen LogP contribution in [0.1, 0.15) is 100 Å². The van der Waals surface area contributed by atoms with Crippen LogP contribution in [-0.2, 0) is 49.0 Å². The summed E-state index contributed by atoms with van der Waals surface area (Å²) in [6.45, 7) is 9.05. The SMILES string of the molecule is CCc1ccc(-c2cccc3[cH-]c(CC45CCC(CC4)C5)cc23)cc1.CCc1ccc(-c2cccc3[cH-]c(CC45CCC(CC4)C5)cc23)cc1.C[Si](C)=[Zr+2].[Cl-].[Cl-]. The van der Waals surface area contributed by atoms with Crippen LogP contribution in [0.15, 0.2) is 109 Å². The number of hydrogen-bond acceptors (Lipinski definition) is 0. The Hall–Kier alpha value is -2.22. The van der Waals surface area contributed by atoms with Crippen molar-refractivity contribution < 1.29 is 48.1 Å². The van der Waals surface area contributed by atoms with E-state index in [0.29, 0.717) is 10.8 Å². The van der Waals surface area contributed by atoms with Crippen LogP contribution in [0.25, 0.3) is 43.8 Å². The quantitative estimate of drug-likeness (QED) is 0.106. The number of benzene rings is 4. The maximum Gasteiger partial charge on any atom is -1.00 e. The number of rotatable bonds is 8. The van der Waals surface area contributed by atoms with E-state index in [-0.39, 0.29) is 30.2 Å². The van der Waals surface area contributed by atoms with Crippen LogP contribution in [-0.4, -0.2) is 5.43 Å². The van der Waals surface area contributed by atoms with Gasteiger partial charge in [0.2, 0.25) is 0 Å². The van der Waals surface area contributed by atoms with Gasteiger partial charge in [-0.25, -0.2) is 0 Å². The largest absolute Gasteiger partial charge is 1.00 e. The normalized spacial score (nSPS) is 22.9. The third-order valence-corrected chi connectivity index (χ3v) is 13.9. The van der Waals surface area contributed by atoms with Crippen molar-refractivity contribution >= 4 is 27.0 Å².